The van der Waals surface area contributed by atoms with Crippen molar-refractivity contribution in [1.29, 1.82) is 0 Å². The standard InChI is InChI=1S/C14H16N4O4/c1-16-13(12(9-15-16)18(21)22)14(20)17(7-8-19)10-11-5-3-2-4-6-11/h2-6,9,19H,7-8,10H2,1H3. The van der Waals surface area contributed by atoms with Gasteiger partial charge in [-0.2, -0.15) is 5.10 Å². The largest absolute Gasteiger partial charge is 0.395 e. The van der Waals surface area contributed by atoms with Crippen LogP contribution in [0, 0.1) is 10.1 Å². The first-order chi connectivity index (χ1) is 10.5. The SMILES string of the molecule is Cn1ncc([N+](=O)[O-])c1C(=O)N(CCO)Cc1ccccc1. The molecule has 0 saturated heterocycles. The van der Waals surface area contributed by atoms with Crippen LogP contribution in [0.15, 0.2) is 36.5 Å². The topological polar surface area (TPSA) is 102 Å². The zero-order valence-electron chi connectivity index (χ0n) is 12.0. The zero-order valence-corrected chi connectivity index (χ0v) is 12.0. The minimum absolute atomic E-state index is 0.0794. The highest BCUT2D eigenvalue weighted by atomic mass is 16.6. The van der Waals surface area contributed by atoms with E-state index in [1.54, 1.807) is 0 Å². The molecule has 0 aliphatic heterocycles. The molecule has 8 heteroatoms. The summed E-state index contributed by atoms with van der Waals surface area (Å²) >= 11 is 0. The van der Waals surface area contributed by atoms with Gasteiger partial charge in [-0.05, 0) is 5.56 Å². The summed E-state index contributed by atoms with van der Waals surface area (Å²) in [5, 5.41) is 23.9. The number of aromatic nitrogens is 2. The van der Waals surface area contributed by atoms with Crippen LogP contribution in [0.3, 0.4) is 0 Å². The minimum Gasteiger partial charge on any atom is -0.395 e. The third-order valence-electron chi connectivity index (χ3n) is 3.19. The van der Waals surface area contributed by atoms with E-state index in [0.29, 0.717) is 0 Å². The van der Waals surface area contributed by atoms with E-state index < -0.39 is 10.8 Å². The normalized spacial score (nSPS) is 10.5. The maximum Gasteiger partial charge on any atom is 0.320 e. The Morgan fingerprint density at radius 1 is 1.41 bits per heavy atom. The molecule has 0 aliphatic carbocycles. The van der Waals surface area contributed by atoms with E-state index >= 15 is 0 Å². The fourth-order valence-electron chi connectivity index (χ4n) is 2.13. The second-order valence-corrected chi connectivity index (χ2v) is 4.70. The summed E-state index contributed by atoms with van der Waals surface area (Å²) in [5.41, 5.74) is 0.423. The molecule has 0 aliphatic rings. The van der Waals surface area contributed by atoms with Crippen molar-refractivity contribution in [1.82, 2.24) is 14.7 Å². The highest BCUT2D eigenvalue weighted by molar-refractivity contribution is 5.96. The van der Waals surface area contributed by atoms with Crippen LogP contribution in [0.5, 0.6) is 0 Å². The van der Waals surface area contributed by atoms with E-state index in [1.807, 2.05) is 30.3 Å². The lowest BCUT2D eigenvalue weighted by Crippen LogP contribution is -2.34. The predicted octanol–water partition coefficient (Wildman–Crippen LogP) is 0.963. The number of rotatable bonds is 6. The number of amides is 1. The number of carbonyl (C=O) groups is 1. The van der Waals surface area contributed by atoms with Crippen molar-refractivity contribution >= 4 is 11.6 Å². The van der Waals surface area contributed by atoms with Gasteiger partial charge in [0.2, 0.25) is 5.69 Å². The molecule has 0 bridgehead atoms. The minimum atomic E-state index is -0.639. The molecule has 1 heterocycles. The molecule has 2 aromatic rings. The molecular weight excluding hydrogens is 288 g/mol. The molecule has 0 saturated carbocycles. The van der Waals surface area contributed by atoms with E-state index in [2.05, 4.69) is 5.10 Å². The Balaban J connectivity index is 2.31. The van der Waals surface area contributed by atoms with Gasteiger partial charge >= 0.3 is 5.69 Å². The summed E-state index contributed by atoms with van der Waals surface area (Å²) < 4.78 is 1.18. The van der Waals surface area contributed by atoms with Gasteiger partial charge in [0.05, 0.1) is 11.5 Å². The van der Waals surface area contributed by atoms with Crippen molar-refractivity contribution in [2.45, 2.75) is 6.54 Å². The lowest BCUT2D eigenvalue weighted by atomic mass is 10.2. The first-order valence-electron chi connectivity index (χ1n) is 6.65. The molecule has 22 heavy (non-hydrogen) atoms. The van der Waals surface area contributed by atoms with E-state index in [9.17, 15) is 14.9 Å². The third kappa shape index (κ3) is 3.29. The molecule has 0 radical (unpaired) electrons. The molecule has 1 N–H and O–H groups in total. The Morgan fingerprint density at radius 3 is 2.68 bits per heavy atom. The molecule has 1 amide bonds. The number of aliphatic hydroxyl groups is 1. The maximum atomic E-state index is 12.6. The monoisotopic (exact) mass is 304 g/mol. The van der Waals surface area contributed by atoms with E-state index in [1.165, 1.54) is 16.6 Å². The smallest absolute Gasteiger partial charge is 0.320 e. The van der Waals surface area contributed by atoms with Gasteiger partial charge in [-0.25, -0.2) is 0 Å². The Bertz CT molecular complexity index is 669. The van der Waals surface area contributed by atoms with Gasteiger partial charge in [-0.1, -0.05) is 30.3 Å². The number of carbonyl (C=O) groups excluding carboxylic acids is 1. The fraction of sp³-hybridized carbons (Fsp3) is 0.286. The van der Waals surface area contributed by atoms with Crippen molar-refractivity contribution < 1.29 is 14.8 Å². The van der Waals surface area contributed by atoms with Crippen LogP contribution >= 0.6 is 0 Å². The van der Waals surface area contributed by atoms with Gasteiger partial charge in [0.15, 0.2) is 0 Å². The average Bonchev–Trinajstić information content (AvgIpc) is 2.89. The molecule has 1 aromatic heterocycles. The number of nitro groups is 1. The lowest BCUT2D eigenvalue weighted by Gasteiger charge is -2.21. The van der Waals surface area contributed by atoms with E-state index in [4.69, 9.17) is 5.11 Å². The van der Waals surface area contributed by atoms with E-state index in [0.717, 1.165) is 11.8 Å². The number of hydrogen-bond donors (Lipinski definition) is 1. The molecule has 116 valence electrons. The summed E-state index contributed by atoms with van der Waals surface area (Å²) in [7, 11) is 1.47. The quantitative estimate of drug-likeness (QED) is 0.632. The van der Waals surface area contributed by atoms with Crippen LogP contribution in [-0.2, 0) is 13.6 Å². The molecule has 0 fully saturated rings. The van der Waals surface area contributed by atoms with Crippen LogP contribution in [0.4, 0.5) is 5.69 Å². The van der Waals surface area contributed by atoms with Gasteiger partial charge in [-0.3, -0.25) is 19.6 Å². The zero-order chi connectivity index (χ0) is 16.1. The molecule has 0 unspecified atom stereocenters. The second kappa shape index (κ2) is 6.81. The highest BCUT2D eigenvalue weighted by Gasteiger charge is 2.29. The molecule has 2 rings (SSSR count). The van der Waals surface area contributed by atoms with Crippen LogP contribution < -0.4 is 0 Å². The number of nitrogens with zero attached hydrogens (tertiary/aromatic N) is 4. The van der Waals surface area contributed by atoms with Gasteiger partial charge in [0, 0.05) is 20.1 Å². The van der Waals surface area contributed by atoms with Crippen LogP contribution in [0.1, 0.15) is 16.1 Å². The summed E-state index contributed by atoms with van der Waals surface area (Å²) in [4.78, 5) is 24.3. The first-order valence-corrected chi connectivity index (χ1v) is 6.65. The van der Waals surface area contributed by atoms with Crippen molar-refractivity contribution in [3.8, 4) is 0 Å². The van der Waals surface area contributed by atoms with Gasteiger partial charge in [-0.15, -0.1) is 0 Å². The average molecular weight is 304 g/mol. The summed E-state index contributed by atoms with van der Waals surface area (Å²) in [5.74, 6) is -0.537. The third-order valence-corrected chi connectivity index (χ3v) is 3.19. The number of benzene rings is 1. The Morgan fingerprint density at radius 2 is 2.09 bits per heavy atom. The number of aryl methyl sites for hydroxylation is 1. The molecule has 0 spiro atoms. The molecular formula is C14H16N4O4. The van der Waals surface area contributed by atoms with Gasteiger partial charge in [0.25, 0.3) is 5.91 Å². The molecule has 0 atom stereocenters. The number of hydrogen-bond acceptors (Lipinski definition) is 5. The second-order valence-electron chi connectivity index (χ2n) is 4.70. The maximum absolute atomic E-state index is 12.6. The number of aliphatic hydroxyl groups excluding tert-OH is 1. The lowest BCUT2D eigenvalue weighted by molar-refractivity contribution is -0.385. The predicted molar refractivity (Wildman–Crippen MR) is 78.1 cm³/mol. The van der Waals surface area contributed by atoms with Crippen molar-refractivity contribution in [3.05, 3.63) is 57.9 Å². The molecule has 1 aromatic carbocycles. The fourth-order valence-corrected chi connectivity index (χ4v) is 2.13. The highest BCUT2D eigenvalue weighted by Crippen LogP contribution is 2.20. The van der Waals surface area contributed by atoms with Crippen molar-refractivity contribution in [2.75, 3.05) is 13.2 Å². The van der Waals surface area contributed by atoms with Crippen molar-refractivity contribution in [3.63, 3.8) is 0 Å². The van der Waals surface area contributed by atoms with Crippen molar-refractivity contribution in [2.24, 2.45) is 7.05 Å². The van der Waals surface area contributed by atoms with E-state index in [-0.39, 0.29) is 31.1 Å². The van der Waals surface area contributed by atoms with Crippen LogP contribution in [0.25, 0.3) is 0 Å². The Labute approximate surface area is 126 Å². The first kappa shape index (κ1) is 15.6. The summed E-state index contributed by atoms with van der Waals surface area (Å²) in [6.07, 6.45) is 1.05. The summed E-state index contributed by atoms with van der Waals surface area (Å²) in [6, 6.07) is 9.21. The van der Waals surface area contributed by atoms with Gasteiger partial charge in [0.1, 0.15) is 6.20 Å². The summed E-state index contributed by atoms with van der Waals surface area (Å²) in [6.45, 7) is 0.100. The Hall–Kier alpha value is -2.74. The van der Waals surface area contributed by atoms with Crippen LogP contribution in [-0.4, -0.2) is 43.8 Å². The van der Waals surface area contributed by atoms with Crippen LogP contribution in [0.2, 0.25) is 0 Å². The Kier molecular flexibility index (Phi) is 4.84. The molecule has 8 nitrogen and oxygen atoms in total. The van der Waals surface area contributed by atoms with Gasteiger partial charge < -0.3 is 10.0 Å².